The number of aromatic amines is 2. The number of anilines is 1. The highest BCUT2D eigenvalue weighted by Gasteiger charge is 2.18. The lowest BCUT2D eigenvalue weighted by Gasteiger charge is -2.17. The summed E-state index contributed by atoms with van der Waals surface area (Å²) in [5.41, 5.74) is 7.20. The van der Waals surface area contributed by atoms with Crippen molar-refractivity contribution >= 4 is 33.5 Å². The number of carbonyl (C=O) groups is 1. The summed E-state index contributed by atoms with van der Waals surface area (Å²) in [6.07, 6.45) is 8.88. The molecule has 37 heavy (non-hydrogen) atoms. The van der Waals surface area contributed by atoms with Gasteiger partial charge in [0.05, 0.1) is 35.4 Å². The minimum Gasteiger partial charge on any atom is -0.472 e. The van der Waals surface area contributed by atoms with E-state index in [0.717, 1.165) is 44.3 Å². The molecule has 0 saturated carbocycles. The van der Waals surface area contributed by atoms with Crippen LogP contribution in [-0.4, -0.2) is 36.0 Å². The van der Waals surface area contributed by atoms with E-state index in [2.05, 4.69) is 30.5 Å². The summed E-state index contributed by atoms with van der Waals surface area (Å²) in [4.78, 5) is 29.5. The molecule has 9 nitrogen and oxygen atoms in total. The molecule has 0 atom stereocenters. The largest absolute Gasteiger partial charge is 0.472 e. The van der Waals surface area contributed by atoms with Crippen LogP contribution in [0.25, 0.3) is 55.8 Å². The van der Waals surface area contributed by atoms with Gasteiger partial charge in [-0.2, -0.15) is 5.10 Å². The van der Waals surface area contributed by atoms with Gasteiger partial charge in [0.2, 0.25) is 5.91 Å². The van der Waals surface area contributed by atoms with Crippen molar-refractivity contribution in [1.29, 1.82) is 0 Å². The van der Waals surface area contributed by atoms with Gasteiger partial charge < -0.3 is 14.7 Å². The zero-order valence-electron chi connectivity index (χ0n) is 20.7. The fraction of sp³-hybridized carbons (Fsp3) is 0.179. The molecule has 0 fully saturated rings. The Morgan fingerprint density at radius 1 is 1.00 bits per heavy atom. The minimum absolute atomic E-state index is 0.0341. The van der Waals surface area contributed by atoms with Crippen molar-refractivity contribution < 1.29 is 9.21 Å². The number of pyridine rings is 2. The van der Waals surface area contributed by atoms with E-state index < -0.39 is 0 Å². The number of H-pyrrole nitrogens is 2. The molecule has 5 heterocycles. The maximum atomic E-state index is 12.4. The van der Waals surface area contributed by atoms with E-state index in [1.807, 2.05) is 57.2 Å². The van der Waals surface area contributed by atoms with Crippen LogP contribution in [0.5, 0.6) is 0 Å². The molecule has 0 saturated heterocycles. The Bertz CT molecular complexity index is 1740. The molecule has 0 aliphatic heterocycles. The van der Waals surface area contributed by atoms with Crippen LogP contribution in [0.3, 0.4) is 0 Å². The van der Waals surface area contributed by atoms with Crippen LogP contribution >= 0.6 is 0 Å². The number of benzene rings is 1. The summed E-state index contributed by atoms with van der Waals surface area (Å²) >= 11 is 0. The molecule has 0 bridgehead atoms. The number of nitrogens with zero attached hydrogens (tertiary/aromatic N) is 4. The number of amides is 1. The summed E-state index contributed by atoms with van der Waals surface area (Å²) < 4.78 is 5.24. The van der Waals surface area contributed by atoms with Crippen LogP contribution in [0.2, 0.25) is 0 Å². The third-order valence-corrected chi connectivity index (χ3v) is 6.03. The number of furan rings is 1. The van der Waals surface area contributed by atoms with Crippen molar-refractivity contribution in [3.05, 3.63) is 67.5 Å². The highest BCUT2D eigenvalue weighted by molar-refractivity contribution is 5.98. The zero-order valence-corrected chi connectivity index (χ0v) is 20.7. The van der Waals surface area contributed by atoms with Gasteiger partial charge in [-0.3, -0.25) is 19.9 Å². The lowest BCUT2D eigenvalue weighted by Crippen LogP contribution is -2.19. The van der Waals surface area contributed by atoms with Crippen molar-refractivity contribution in [3.8, 4) is 33.9 Å². The molecule has 1 aromatic carbocycles. The molecule has 184 valence electrons. The summed E-state index contributed by atoms with van der Waals surface area (Å²) in [6, 6.07) is 11.7. The van der Waals surface area contributed by atoms with E-state index in [0.29, 0.717) is 23.6 Å². The molecule has 0 aliphatic rings. The summed E-state index contributed by atoms with van der Waals surface area (Å²) in [5, 5.41) is 11.5. The molecule has 0 radical (unpaired) electrons. The van der Waals surface area contributed by atoms with Gasteiger partial charge in [-0.25, -0.2) is 4.98 Å². The molecule has 0 spiro atoms. The Hall–Kier alpha value is -4.79. The fourth-order valence-corrected chi connectivity index (χ4v) is 4.39. The van der Waals surface area contributed by atoms with Crippen LogP contribution in [0.4, 0.5) is 5.69 Å². The van der Waals surface area contributed by atoms with Crippen molar-refractivity contribution in [2.24, 2.45) is 5.41 Å². The topological polar surface area (TPSA) is 125 Å². The lowest BCUT2D eigenvalue weighted by molar-refractivity contribution is -0.117. The van der Waals surface area contributed by atoms with Crippen molar-refractivity contribution in [3.63, 3.8) is 0 Å². The summed E-state index contributed by atoms with van der Waals surface area (Å²) in [6.45, 7) is 6.11. The van der Waals surface area contributed by atoms with Crippen LogP contribution < -0.4 is 5.32 Å². The smallest absolute Gasteiger partial charge is 0.224 e. The van der Waals surface area contributed by atoms with Crippen LogP contribution in [0.1, 0.15) is 27.2 Å². The number of fused-ring (bicyclic) bond motifs is 2. The first-order chi connectivity index (χ1) is 17.8. The molecule has 3 N–H and O–H groups in total. The van der Waals surface area contributed by atoms with Gasteiger partial charge in [0.1, 0.15) is 16.9 Å². The standard InChI is InChI=1S/C28H25N7O2/c1-28(2,3)12-23(36)31-19-10-18(13-29-14-19)16-4-5-21-20(11-16)25(35-34-21)27-32-22-6-8-30-24(26(22)33-27)17-7-9-37-15-17/h4-11,13-15H,12H2,1-3H3,(H,31,36)(H,32,33)(H,34,35). The summed E-state index contributed by atoms with van der Waals surface area (Å²) in [7, 11) is 0. The molecule has 9 heteroatoms. The fourth-order valence-electron chi connectivity index (χ4n) is 4.39. The Balaban J connectivity index is 1.36. The van der Waals surface area contributed by atoms with Gasteiger partial charge in [0.15, 0.2) is 5.82 Å². The Kier molecular flexibility index (Phi) is 5.33. The predicted molar refractivity (Wildman–Crippen MR) is 143 cm³/mol. The van der Waals surface area contributed by atoms with Gasteiger partial charge in [-0.05, 0) is 41.3 Å². The average Bonchev–Trinajstić information content (AvgIpc) is 3.61. The molecule has 5 aromatic heterocycles. The quantitative estimate of drug-likeness (QED) is 0.264. The van der Waals surface area contributed by atoms with E-state index in [-0.39, 0.29) is 11.3 Å². The first-order valence-corrected chi connectivity index (χ1v) is 12.0. The van der Waals surface area contributed by atoms with E-state index >= 15 is 0 Å². The number of carbonyl (C=O) groups excluding carboxylic acids is 1. The van der Waals surface area contributed by atoms with Crippen LogP contribution in [-0.2, 0) is 4.79 Å². The Morgan fingerprint density at radius 2 is 1.89 bits per heavy atom. The molecule has 6 aromatic rings. The van der Waals surface area contributed by atoms with Crippen molar-refractivity contribution in [2.45, 2.75) is 27.2 Å². The first-order valence-electron chi connectivity index (χ1n) is 12.0. The maximum absolute atomic E-state index is 12.4. The van der Waals surface area contributed by atoms with E-state index in [1.54, 1.807) is 31.1 Å². The number of imidazole rings is 1. The predicted octanol–water partition coefficient (Wildman–Crippen LogP) is 6.20. The maximum Gasteiger partial charge on any atom is 0.224 e. The van der Waals surface area contributed by atoms with E-state index in [4.69, 9.17) is 9.40 Å². The van der Waals surface area contributed by atoms with Gasteiger partial charge in [-0.1, -0.05) is 26.8 Å². The highest BCUT2D eigenvalue weighted by atomic mass is 16.3. The van der Waals surface area contributed by atoms with Crippen molar-refractivity contribution in [1.82, 2.24) is 30.1 Å². The molecule has 1 amide bonds. The van der Waals surface area contributed by atoms with Gasteiger partial charge in [-0.15, -0.1) is 0 Å². The second kappa shape index (κ2) is 8.70. The van der Waals surface area contributed by atoms with E-state index in [1.165, 1.54) is 0 Å². The Labute approximate surface area is 212 Å². The number of hydrogen-bond donors (Lipinski definition) is 3. The number of rotatable bonds is 5. The van der Waals surface area contributed by atoms with Gasteiger partial charge in [0.25, 0.3) is 0 Å². The molecule has 0 unspecified atom stereocenters. The zero-order chi connectivity index (χ0) is 25.6. The third-order valence-electron chi connectivity index (χ3n) is 6.03. The van der Waals surface area contributed by atoms with Gasteiger partial charge >= 0.3 is 0 Å². The Morgan fingerprint density at radius 3 is 2.70 bits per heavy atom. The van der Waals surface area contributed by atoms with Gasteiger partial charge in [0, 0.05) is 35.3 Å². The second-order valence-corrected chi connectivity index (χ2v) is 10.2. The minimum atomic E-state index is -0.0934. The highest BCUT2D eigenvalue weighted by Crippen LogP contribution is 2.33. The lowest BCUT2D eigenvalue weighted by atomic mass is 9.92. The molecule has 6 rings (SSSR count). The third kappa shape index (κ3) is 4.47. The monoisotopic (exact) mass is 491 g/mol. The van der Waals surface area contributed by atoms with Crippen LogP contribution in [0, 0.1) is 5.41 Å². The first kappa shape index (κ1) is 22.7. The molecular weight excluding hydrogens is 466 g/mol. The number of aromatic nitrogens is 6. The SMILES string of the molecule is CC(C)(C)CC(=O)Nc1cncc(-c2ccc3[nH]nc(-c4nc5c(-c6ccoc6)nccc5[nH]4)c3c2)c1. The van der Waals surface area contributed by atoms with Crippen molar-refractivity contribution in [2.75, 3.05) is 5.32 Å². The van der Waals surface area contributed by atoms with Crippen LogP contribution in [0.15, 0.2) is 71.9 Å². The average molecular weight is 492 g/mol. The van der Waals surface area contributed by atoms with E-state index in [9.17, 15) is 4.79 Å². The normalized spacial score (nSPS) is 11.9. The summed E-state index contributed by atoms with van der Waals surface area (Å²) in [5.74, 6) is 0.602. The number of hydrogen-bond acceptors (Lipinski definition) is 6. The molecule has 0 aliphatic carbocycles. The number of nitrogens with one attached hydrogen (secondary N) is 3. The second-order valence-electron chi connectivity index (χ2n) is 10.2. The molecular formula is C28H25N7O2.